The van der Waals surface area contributed by atoms with E-state index in [9.17, 15) is 9.59 Å². The number of likely N-dealkylation sites (N-methyl/N-ethyl adjacent to an activating group) is 1. The Kier molecular flexibility index (Phi) is 4.70. The molecule has 1 aliphatic rings. The molecule has 16 heavy (non-hydrogen) atoms. The third kappa shape index (κ3) is 3.79. The Labute approximate surface area is 94.8 Å². The van der Waals surface area contributed by atoms with E-state index in [-0.39, 0.29) is 12.5 Å². The normalized spacial score (nSPS) is 22.1. The van der Waals surface area contributed by atoms with Crippen molar-refractivity contribution in [1.82, 2.24) is 9.80 Å². The summed E-state index contributed by atoms with van der Waals surface area (Å²) < 4.78 is 4.77. The van der Waals surface area contributed by atoms with E-state index in [1.54, 1.807) is 4.90 Å². The largest absolute Gasteiger partial charge is 0.480 e. The number of nitrogens with zero attached hydrogens (tertiary/aromatic N) is 2. The average molecular weight is 230 g/mol. The Balaban J connectivity index is 2.29. The first-order valence-corrected chi connectivity index (χ1v) is 5.28. The predicted octanol–water partition coefficient (Wildman–Crippen LogP) is -0.750. The van der Waals surface area contributed by atoms with Crippen molar-refractivity contribution in [3.05, 3.63) is 0 Å². The fourth-order valence-corrected chi connectivity index (χ4v) is 1.59. The van der Waals surface area contributed by atoms with Crippen molar-refractivity contribution in [2.45, 2.75) is 13.0 Å². The molecule has 1 amide bonds. The number of carbonyl (C=O) groups is 2. The summed E-state index contributed by atoms with van der Waals surface area (Å²) in [5.74, 6) is -1.19. The van der Waals surface area contributed by atoms with Gasteiger partial charge >= 0.3 is 5.97 Å². The first-order valence-electron chi connectivity index (χ1n) is 5.28. The standard InChI is InChI=1S/C10H18N2O4/c1-8-5-12(4-3-11(8)2)9(13)6-16-7-10(14)15/h8H,3-7H2,1-2H3,(H,14,15). The molecule has 1 saturated heterocycles. The van der Waals surface area contributed by atoms with Crippen LogP contribution in [-0.4, -0.2) is 72.7 Å². The van der Waals surface area contributed by atoms with Crippen molar-refractivity contribution < 1.29 is 19.4 Å². The first kappa shape index (κ1) is 12.9. The molecule has 1 rings (SSSR count). The summed E-state index contributed by atoms with van der Waals surface area (Å²) in [6.07, 6.45) is 0. The maximum absolute atomic E-state index is 11.6. The number of aliphatic carboxylic acids is 1. The number of rotatable bonds is 4. The van der Waals surface area contributed by atoms with Gasteiger partial charge in [-0.1, -0.05) is 0 Å². The van der Waals surface area contributed by atoms with Crippen LogP contribution in [0.5, 0.6) is 0 Å². The topological polar surface area (TPSA) is 70.1 Å². The molecule has 0 saturated carbocycles. The lowest BCUT2D eigenvalue weighted by atomic mass is 10.2. The third-order valence-electron chi connectivity index (χ3n) is 2.76. The number of carboxylic acids is 1. The smallest absolute Gasteiger partial charge is 0.329 e. The highest BCUT2D eigenvalue weighted by Crippen LogP contribution is 2.06. The summed E-state index contributed by atoms with van der Waals surface area (Å²) in [5.41, 5.74) is 0. The lowest BCUT2D eigenvalue weighted by molar-refractivity contribution is -0.146. The second-order valence-corrected chi connectivity index (χ2v) is 4.06. The quantitative estimate of drug-likeness (QED) is 0.688. The summed E-state index contributed by atoms with van der Waals surface area (Å²) >= 11 is 0. The summed E-state index contributed by atoms with van der Waals surface area (Å²) in [7, 11) is 2.02. The highest BCUT2D eigenvalue weighted by atomic mass is 16.5. The van der Waals surface area contributed by atoms with Crippen LogP contribution in [0.2, 0.25) is 0 Å². The van der Waals surface area contributed by atoms with E-state index >= 15 is 0 Å². The summed E-state index contributed by atoms with van der Waals surface area (Å²) in [5, 5.41) is 8.36. The van der Waals surface area contributed by atoms with Crippen LogP contribution < -0.4 is 0 Å². The minimum Gasteiger partial charge on any atom is -0.480 e. The highest BCUT2D eigenvalue weighted by Gasteiger charge is 2.24. The maximum Gasteiger partial charge on any atom is 0.329 e. The number of carbonyl (C=O) groups excluding carboxylic acids is 1. The Bertz CT molecular complexity index is 270. The fraction of sp³-hybridized carbons (Fsp3) is 0.800. The van der Waals surface area contributed by atoms with E-state index in [1.165, 1.54) is 0 Å². The Morgan fingerprint density at radius 3 is 2.62 bits per heavy atom. The average Bonchev–Trinajstić information content (AvgIpc) is 2.21. The van der Waals surface area contributed by atoms with Crippen molar-refractivity contribution >= 4 is 11.9 Å². The second kappa shape index (κ2) is 5.81. The van der Waals surface area contributed by atoms with Crippen LogP contribution in [0, 0.1) is 0 Å². The van der Waals surface area contributed by atoms with Gasteiger partial charge in [-0.2, -0.15) is 0 Å². The molecule has 1 atom stereocenters. The molecule has 0 aliphatic carbocycles. The molecule has 0 bridgehead atoms. The van der Waals surface area contributed by atoms with Crippen LogP contribution in [0.25, 0.3) is 0 Å². The minimum absolute atomic E-state index is 0.138. The zero-order valence-electron chi connectivity index (χ0n) is 9.68. The minimum atomic E-state index is -1.06. The number of amides is 1. The summed E-state index contributed by atoms with van der Waals surface area (Å²) in [6, 6.07) is 0.331. The van der Waals surface area contributed by atoms with Gasteiger partial charge in [0, 0.05) is 25.7 Å². The van der Waals surface area contributed by atoms with Crippen molar-refractivity contribution in [3.63, 3.8) is 0 Å². The highest BCUT2D eigenvalue weighted by molar-refractivity contribution is 5.78. The van der Waals surface area contributed by atoms with E-state index < -0.39 is 12.6 Å². The Morgan fingerprint density at radius 2 is 2.06 bits per heavy atom. The van der Waals surface area contributed by atoms with Crippen LogP contribution in [0.4, 0.5) is 0 Å². The van der Waals surface area contributed by atoms with Gasteiger partial charge in [-0.25, -0.2) is 4.79 Å². The van der Waals surface area contributed by atoms with Crippen LogP contribution in [0.3, 0.4) is 0 Å². The molecule has 1 unspecified atom stereocenters. The number of hydrogen-bond acceptors (Lipinski definition) is 4. The van der Waals surface area contributed by atoms with Crippen LogP contribution >= 0.6 is 0 Å². The molecule has 0 spiro atoms. The molecule has 1 fully saturated rings. The van der Waals surface area contributed by atoms with E-state index in [0.717, 1.165) is 6.54 Å². The van der Waals surface area contributed by atoms with Gasteiger partial charge in [0.1, 0.15) is 13.2 Å². The van der Waals surface area contributed by atoms with E-state index in [0.29, 0.717) is 19.1 Å². The van der Waals surface area contributed by atoms with E-state index in [2.05, 4.69) is 11.8 Å². The number of ether oxygens (including phenoxy) is 1. The van der Waals surface area contributed by atoms with Gasteiger partial charge < -0.3 is 19.6 Å². The third-order valence-corrected chi connectivity index (χ3v) is 2.76. The lowest BCUT2D eigenvalue weighted by Gasteiger charge is -2.37. The first-order chi connectivity index (χ1) is 7.50. The molecule has 1 heterocycles. The van der Waals surface area contributed by atoms with E-state index in [4.69, 9.17) is 9.84 Å². The maximum atomic E-state index is 11.6. The Morgan fingerprint density at radius 1 is 1.38 bits per heavy atom. The number of hydrogen-bond donors (Lipinski definition) is 1. The molecule has 0 radical (unpaired) electrons. The molecule has 0 aromatic heterocycles. The van der Waals surface area contributed by atoms with Crippen LogP contribution in [0.15, 0.2) is 0 Å². The lowest BCUT2D eigenvalue weighted by Crippen LogP contribution is -2.52. The second-order valence-electron chi connectivity index (χ2n) is 4.06. The SMILES string of the molecule is CC1CN(C(=O)COCC(=O)O)CCN1C. The van der Waals surface area contributed by atoms with Crippen molar-refractivity contribution in [1.29, 1.82) is 0 Å². The monoisotopic (exact) mass is 230 g/mol. The molecular weight excluding hydrogens is 212 g/mol. The Hall–Kier alpha value is -1.14. The number of piperazine rings is 1. The van der Waals surface area contributed by atoms with Gasteiger partial charge in [-0.3, -0.25) is 4.79 Å². The zero-order valence-corrected chi connectivity index (χ0v) is 9.68. The predicted molar refractivity (Wildman–Crippen MR) is 57.1 cm³/mol. The molecule has 1 aliphatic heterocycles. The molecule has 0 aromatic rings. The zero-order chi connectivity index (χ0) is 12.1. The van der Waals surface area contributed by atoms with Gasteiger partial charge in [0.2, 0.25) is 5.91 Å². The van der Waals surface area contributed by atoms with Gasteiger partial charge in [0.05, 0.1) is 0 Å². The van der Waals surface area contributed by atoms with Crippen molar-refractivity contribution in [2.75, 3.05) is 39.9 Å². The molecular formula is C10H18N2O4. The van der Waals surface area contributed by atoms with Crippen molar-refractivity contribution in [3.8, 4) is 0 Å². The molecule has 0 aromatic carbocycles. The van der Waals surface area contributed by atoms with Gasteiger partial charge in [0.25, 0.3) is 0 Å². The van der Waals surface area contributed by atoms with Crippen LogP contribution in [0.1, 0.15) is 6.92 Å². The van der Waals surface area contributed by atoms with Crippen molar-refractivity contribution in [2.24, 2.45) is 0 Å². The molecule has 6 nitrogen and oxygen atoms in total. The number of carboxylic acid groups (broad SMARTS) is 1. The van der Waals surface area contributed by atoms with Gasteiger partial charge in [-0.05, 0) is 14.0 Å². The summed E-state index contributed by atoms with van der Waals surface area (Å²) in [6.45, 7) is 3.67. The summed E-state index contributed by atoms with van der Waals surface area (Å²) in [4.78, 5) is 25.7. The molecule has 6 heteroatoms. The van der Waals surface area contributed by atoms with Gasteiger partial charge in [-0.15, -0.1) is 0 Å². The fourth-order valence-electron chi connectivity index (χ4n) is 1.59. The molecule has 1 N–H and O–H groups in total. The molecule has 92 valence electrons. The van der Waals surface area contributed by atoms with E-state index in [1.807, 2.05) is 7.05 Å². The van der Waals surface area contributed by atoms with Crippen LogP contribution in [-0.2, 0) is 14.3 Å². The van der Waals surface area contributed by atoms with Gasteiger partial charge in [0.15, 0.2) is 0 Å².